The molecule has 0 saturated carbocycles. The third kappa shape index (κ3) is 3.57. The number of hydrogen-bond donors (Lipinski definition) is 0. The van der Waals surface area contributed by atoms with E-state index in [4.69, 9.17) is 0 Å². The highest BCUT2D eigenvalue weighted by atomic mass is 19.4. The third-order valence-electron chi connectivity index (χ3n) is 2.57. The highest BCUT2D eigenvalue weighted by Gasteiger charge is 2.49. The number of alkyl halides is 3. The monoisotopic (exact) mass is 196 g/mol. The van der Waals surface area contributed by atoms with E-state index < -0.39 is 11.6 Å². The Morgan fingerprint density at radius 2 is 1.46 bits per heavy atom. The molecule has 0 heterocycles. The average Bonchev–Trinajstić information content (AvgIpc) is 1.99. The molecule has 0 aliphatic rings. The Balaban J connectivity index is 4.34. The average molecular weight is 196 g/mol. The van der Waals surface area contributed by atoms with E-state index in [0.717, 1.165) is 6.42 Å². The molecule has 0 bridgehead atoms. The van der Waals surface area contributed by atoms with Gasteiger partial charge in [0.25, 0.3) is 0 Å². The van der Waals surface area contributed by atoms with Crippen LogP contribution in [0.2, 0.25) is 0 Å². The first-order valence-electron chi connectivity index (χ1n) is 4.94. The van der Waals surface area contributed by atoms with Crippen LogP contribution in [0.25, 0.3) is 0 Å². The minimum Gasteiger partial charge on any atom is -0.171 e. The molecule has 3 heteroatoms. The summed E-state index contributed by atoms with van der Waals surface area (Å²) in [5.74, 6) is 0. The fourth-order valence-corrected chi connectivity index (χ4v) is 1.53. The molecular weight excluding hydrogens is 177 g/mol. The van der Waals surface area contributed by atoms with Crippen LogP contribution in [0.5, 0.6) is 0 Å². The van der Waals surface area contributed by atoms with Gasteiger partial charge in [-0.1, -0.05) is 40.0 Å². The van der Waals surface area contributed by atoms with Crippen molar-refractivity contribution < 1.29 is 13.2 Å². The molecule has 0 aromatic rings. The molecule has 0 saturated heterocycles. The highest BCUT2D eigenvalue weighted by molar-refractivity contribution is 4.81. The molecule has 0 rings (SSSR count). The molecule has 0 aromatic carbocycles. The van der Waals surface area contributed by atoms with Crippen LogP contribution in [0.1, 0.15) is 52.9 Å². The molecule has 80 valence electrons. The molecular formula is C10H19F3. The van der Waals surface area contributed by atoms with Crippen LogP contribution < -0.4 is 0 Å². The van der Waals surface area contributed by atoms with E-state index in [-0.39, 0.29) is 12.8 Å². The molecule has 0 nitrogen and oxygen atoms in total. The van der Waals surface area contributed by atoms with Crippen LogP contribution in [0, 0.1) is 5.41 Å². The summed E-state index contributed by atoms with van der Waals surface area (Å²) in [5.41, 5.74) is -1.46. The van der Waals surface area contributed by atoms with Gasteiger partial charge in [-0.2, -0.15) is 13.2 Å². The smallest absolute Gasteiger partial charge is 0.171 e. The predicted molar refractivity (Wildman–Crippen MR) is 48.6 cm³/mol. The van der Waals surface area contributed by atoms with Crippen molar-refractivity contribution in [2.45, 2.75) is 59.1 Å². The second-order valence-electron chi connectivity index (χ2n) is 3.91. The third-order valence-corrected chi connectivity index (χ3v) is 2.57. The minimum atomic E-state index is -4.04. The number of unbranched alkanes of at least 4 members (excludes halogenated alkanes) is 1. The SMILES string of the molecule is CCCCC(C)(CCC)C(F)(F)F. The van der Waals surface area contributed by atoms with Crippen LogP contribution in [-0.4, -0.2) is 6.18 Å². The Morgan fingerprint density at radius 1 is 0.923 bits per heavy atom. The van der Waals surface area contributed by atoms with E-state index in [1.165, 1.54) is 6.92 Å². The summed E-state index contributed by atoms with van der Waals surface area (Å²) < 4.78 is 37.8. The van der Waals surface area contributed by atoms with Gasteiger partial charge in [-0.05, 0) is 12.8 Å². The lowest BCUT2D eigenvalue weighted by Crippen LogP contribution is -2.35. The van der Waals surface area contributed by atoms with Gasteiger partial charge in [0.15, 0.2) is 0 Å². The number of halogens is 3. The van der Waals surface area contributed by atoms with Crippen molar-refractivity contribution in [3.8, 4) is 0 Å². The lowest BCUT2D eigenvalue weighted by molar-refractivity contribution is -0.223. The van der Waals surface area contributed by atoms with Gasteiger partial charge in [0, 0.05) is 0 Å². The van der Waals surface area contributed by atoms with Crippen molar-refractivity contribution in [2.24, 2.45) is 5.41 Å². The van der Waals surface area contributed by atoms with Gasteiger partial charge in [0.1, 0.15) is 0 Å². The van der Waals surface area contributed by atoms with Gasteiger partial charge in [-0.15, -0.1) is 0 Å². The minimum absolute atomic E-state index is 0.247. The largest absolute Gasteiger partial charge is 0.394 e. The lowest BCUT2D eigenvalue weighted by atomic mass is 9.80. The van der Waals surface area contributed by atoms with Crippen molar-refractivity contribution in [3.63, 3.8) is 0 Å². The van der Waals surface area contributed by atoms with Gasteiger partial charge in [0.2, 0.25) is 0 Å². The molecule has 13 heavy (non-hydrogen) atoms. The van der Waals surface area contributed by atoms with Crippen molar-refractivity contribution >= 4 is 0 Å². The zero-order chi connectivity index (χ0) is 10.5. The molecule has 0 radical (unpaired) electrons. The van der Waals surface area contributed by atoms with Crippen LogP contribution in [-0.2, 0) is 0 Å². The maximum atomic E-state index is 12.6. The Labute approximate surface area is 78.5 Å². The zero-order valence-corrected chi connectivity index (χ0v) is 8.67. The van der Waals surface area contributed by atoms with E-state index >= 15 is 0 Å². The van der Waals surface area contributed by atoms with Gasteiger partial charge in [-0.25, -0.2) is 0 Å². The fraction of sp³-hybridized carbons (Fsp3) is 1.00. The molecule has 0 aromatic heterocycles. The molecule has 0 aliphatic heterocycles. The number of hydrogen-bond acceptors (Lipinski definition) is 0. The zero-order valence-electron chi connectivity index (χ0n) is 8.67. The molecule has 0 amide bonds. The first-order valence-corrected chi connectivity index (χ1v) is 4.94. The second-order valence-corrected chi connectivity index (χ2v) is 3.91. The summed E-state index contributed by atoms with van der Waals surface area (Å²) in [4.78, 5) is 0. The van der Waals surface area contributed by atoms with E-state index in [1.54, 1.807) is 6.92 Å². The Hall–Kier alpha value is -0.210. The summed E-state index contributed by atoms with van der Waals surface area (Å²) in [6.45, 7) is 5.06. The Kier molecular flexibility index (Phi) is 4.79. The standard InChI is InChI=1S/C10H19F3/c1-4-6-8-9(3,7-5-2)10(11,12)13/h4-8H2,1-3H3. The summed E-state index contributed by atoms with van der Waals surface area (Å²) in [6.07, 6.45) is -1.44. The number of rotatable bonds is 5. The highest BCUT2D eigenvalue weighted by Crippen LogP contribution is 2.45. The molecule has 0 fully saturated rings. The quantitative estimate of drug-likeness (QED) is 0.605. The Bertz CT molecular complexity index is 140. The molecule has 0 spiro atoms. The van der Waals surface area contributed by atoms with Gasteiger partial charge in [-0.3, -0.25) is 0 Å². The molecule has 1 atom stereocenters. The van der Waals surface area contributed by atoms with Crippen LogP contribution in [0.4, 0.5) is 13.2 Å². The topological polar surface area (TPSA) is 0 Å². The second kappa shape index (κ2) is 4.87. The van der Waals surface area contributed by atoms with Crippen molar-refractivity contribution in [1.29, 1.82) is 0 Å². The van der Waals surface area contributed by atoms with E-state index in [1.807, 2.05) is 6.92 Å². The van der Waals surface area contributed by atoms with E-state index in [0.29, 0.717) is 12.8 Å². The summed E-state index contributed by atoms with van der Waals surface area (Å²) in [7, 11) is 0. The Morgan fingerprint density at radius 3 is 1.77 bits per heavy atom. The van der Waals surface area contributed by atoms with E-state index in [2.05, 4.69) is 0 Å². The maximum Gasteiger partial charge on any atom is 0.394 e. The van der Waals surface area contributed by atoms with Crippen LogP contribution in [0.15, 0.2) is 0 Å². The summed E-state index contributed by atoms with van der Waals surface area (Å²) in [6, 6.07) is 0. The summed E-state index contributed by atoms with van der Waals surface area (Å²) in [5, 5.41) is 0. The first-order chi connectivity index (χ1) is 5.87. The molecule has 1 unspecified atom stereocenters. The van der Waals surface area contributed by atoms with Gasteiger partial charge >= 0.3 is 6.18 Å². The van der Waals surface area contributed by atoms with Crippen LogP contribution in [0.3, 0.4) is 0 Å². The predicted octanol–water partition coefficient (Wildman–Crippen LogP) is 4.55. The van der Waals surface area contributed by atoms with Crippen molar-refractivity contribution in [1.82, 2.24) is 0 Å². The van der Waals surface area contributed by atoms with Crippen molar-refractivity contribution in [2.75, 3.05) is 0 Å². The van der Waals surface area contributed by atoms with Crippen LogP contribution >= 0.6 is 0 Å². The normalized spacial score (nSPS) is 17.1. The van der Waals surface area contributed by atoms with E-state index in [9.17, 15) is 13.2 Å². The van der Waals surface area contributed by atoms with Gasteiger partial charge in [0.05, 0.1) is 5.41 Å². The first kappa shape index (κ1) is 12.8. The molecule has 0 aliphatic carbocycles. The maximum absolute atomic E-state index is 12.6. The van der Waals surface area contributed by atoms with Crippen molar-refractivity contribution in [3.05, 3.63) is 0 Å². The van der Waals surface area contributed by atoms with Gasteiger partial charge < -0.3 is 0 Å². The fourth-order valence-electron chi connectivity index (χ4n) is 1.53. The lowest BCUT2D eigenvalue weighted by Gasteiger charge is -2.31. The molecule has 0 N–H and O–H groups in total. The summed E-state index contributed by atoms with van der Waals surface area (Å²) >= 11 is 0.